The molecule has 0 aliphatic carbocycles. The van der Waals surface area contributed by atoms with Gasteiger partial charge in [-0.2, -0.15) is 0 Å². The summed E-state index contributed by atoms with van der Waals surface area (Å²) in [5.41, 5.74) is 5.55. The molecule has 2 unspecified atom stereocenters. The number of hydrogen-bond acceptors (Lipinski definition) is 3. The van der Waals surface area contributed by atoms with E-state index in [1.54, 1.807) is 0 Å². The first kappa shape index (κ1) is 21.3. The molecule has 5 rings (SSSR count). The number of nitrogens with one attached hydrogen (secondary N) is 1. The molecule has 1 fully saturated rings. The monoisotopic (exact) mass is 453 g/mol. The molecular weight excluding hydrogens is 426 g/mol. The lowest BCUT2D eigenvalue weighted by molar-refractivity contribution is 0.548. The highest BCUT2D eigenvalue weighted by molar-refractivity contribution is 7.80. The van der Waals surface area contributed by atoms with Crippen LogP contribution in [0.15, 0.2) is 85.3 Å². The molecule has 166 valence electrons. The average molecular weight is 454 g/mol. The van der Waals surface area contributed by atoms with Gasteiger partial charge in [0.1, 0.15) is 11.9 Å². The number of aromatic nitrogens is 3. The van der Waals surface area contributed by atoms with Crippen LogP contribution in [0.25, 0.3) is 5.82 Å². The summed E-state index contributed by atoms with van der Waals surface area (Å²) in [5.74, 6) is 1.36. The number of hydrogen-bond donors (Lipinski definition) is 1. The second-order valence-electron chi connectivity index (χ2n) is 8.74. The number of pyridine rings is 2. The highest BCUT2D eigenvalue weighted by Crippen LogP contribution is 2.42. The Morgan fingerprint density at radius 2 is 1.76 bits per heavy atom. The number of rotatable bonds is 5. The summed E-state index contributed by atoms with van der Waals surface area (Å²) in [6.07, 6.45) is 5.79. The molecule has 0 spiro atoms. The summed E-state index contributed by atoms with van der Waals surface area (Å²) in [7, 11) is 0. The van der Waals surface area contributed by atoms with Crippen LogP contribution in [-0.4, -0.2) is 19.6 Å². The number of aryl methyl sites for hydroxylation is 1. The van der Waals surface area contributed by atoms with Crippen molar-refractivity contribution in [2.75, 3.05) is 4.90 Å². The van der Waals surface area contributed by atoms with Gasteiger partial charge < -0.3 is 14.8 Å². The standard InChI is InChI=1S/C27H27N5S/c1-18(2)20-10-12-21(13-11-20)32-26(25(30-27(32)33)22-7-4-5-15-28-22)23-8-6-16-31(23)24-14-9-19(3)17-29-24/h4-18,25-26H,1-3H3,(H,30,33). The van der Waals surface area contributed by atoms with Crippen LogP contribution < -0.4 is 10.2 Å². The Hall–Kier alpha value is -3.51. The highest BCUT2D eigenvalue weighted by atomic mass is 32.1. The summed E-state index contributed by atoms with van der Waals surface area (Å²) in [5, 5.41) is 4.24. The van der Waals surface area contributed by atoms with Crippen LogP contribution in [0.1, 0.15) is 54.4 Å². The van der Waals surface area contributed by atoms with Gasteiger partial charge >= 0.3 is 0 Å². The molecule has 3 aromatic heterocycles. The Morgan fingerprint density at radius 1 is 0.939 bits per heavy atom. The van der Waals surface area contributed by atoms with Crippen LogP contribution in [0.4, 0.5) is 5.69 Å². The van der Waals surface area contributed by atoms with E-state index in [1.165, 1.54) is 5.56 Å². The van der Waals surface area contributed by atoms with Gasteiger partial charge in [-0.05, 0) is 78.7 Å². The fourth-order valence-corrected chi connectivity index (χ4v) is 4.75. The Balaban J connectivity index is 1.63. The van der Waals surface area contributed by atoms with Crippen LogP contribution in [-0.2, 0) is 0 Å². The molecule has 0 saturated carbocycles. The second kappa shape index (κ2) is 8.79. The minimum absolute atomic E-state index is 0.0876. The third-order valence-corrected chi connectivity index (χ3v) is 6.48. The van der Waals surface area contributed by atoms with E-state index in [2.05, 4.69) is 99.4 Å². The van der Waals surface area contributed by atoms with Gasteiger partial charge in [0.25, 0.3) is 0 Å². The molecule has 1 aliphatic heterocycles. The Labute approximate surface area is 200 Å². The van der Waals surface area contributed by atoms with Crippen molar-refractivity contribution in [3.8, 4) is 5.82 Å². The minimum Gasteiger partial charge on any atom is -0.351 e. The lowest BCUT2D eigenvalue weighted by Gasteiger charge is -2.29. The fourth-order valence-electron chi connectivity index (χ4n) is 4.40. The van der Waals surface area contributed by atoms with Crippen molar-refractivity contribution < 1.29 is 0 Å². The van der Waals surface area contributed by atoms with Crippen LogP contribution in [0.5, 0.6) is 0 Å². The fraction of sp³-hybridized carbons (Fsp3) is 0.222. The first-order valence-corrected chi connectivity index (χ1v) is 11.6. The number of nitrogens with zero attached hydrogens (tertiary/aromatic N) is 4. The maximum atomic E-state index is 5.87. The quantitative estimate of drug-likeness (QED) is 0.383. The van der Waals surface area contributed by atoms with Crippen molar-refractivity contribution in [3.05, 3.63) is 108 Å². The van der Waals surface area contributed by atoms with Crippen molar-refractivity contribution in [2.24, 2.45) is 0 Å². The molecule has 0 radical (unpaired) electrons. The topological polar surface area (TPSA) is 46.0 Å². The number of benzene rings is 1. The number of anilines is 1. The smallest absolute Gasteiger partial charge is 0.174 e. The van der Waals surface area contributed by atoms with Gasteiger partial charge in [-0.25, -0.2) is 4.98 Å². The molecule has 6 heteroatoms. The van der Waals surface area contributed by atoms with Crippen molar-refractivity contribution in [1.29, 1.82) is 0 Å². The summed E-state index contributed by atoms with van der Waals surface area (Å²) >= 11 is 5.87. The van der Waals surface area contributed by atoms with Gasteiger partial charge in [-0.3, -0.25) is 4.98 Å². The Kier molecular flexibility index (Phi) is 5.68. The van der Waals surface area contributed by atoms with Crippen LogP contribution in [0.2, 0.25) is 0 Å². The van der Waals surface area contributed by atoms with Gasteiger partial charge in [-0.15, -0.1) is 0 Å². The summed E-state index contributed by atoms with van der Waals surface area (Å²) in [6.45, 7) is 6.46. The molecule has 5 nitrogen and oxygen atoms in total. The third kappa shape index (κ3) is 4.02. The van der Waals surface area contributed by atoms with Crippen molar-refractivity contribution in [3.63, 3.8) is 0 Å². The summed E-state index contributed by atoms with van der Waals surface area (Å²) < 4.78 is 2.14. The highest BCUT2D eigenvalue weighted by Gasteiger charge is 2.42. The zero-order valence-corrected chi connectivity index (χ0v) is 19.8. The van der Waals surface area contributed by atoms with E-state index in [4.69, 9.17) is 12.2 Å². The van der Waals surface area contributed by atoms with Gasteiger partial charge in [-0.1, -0.05) is 38.1 Å². The number of thiocarbonyl (C=S) groups is 1. The van der Waals surface area contributed by atoms with E-state index in [9.17, 15) is 0 Å². The molecule has 4 heterocycles. The zero-order valence-electron chi connectivity index (χ0n) is 19.0. The van der Waals surface area contributed by atoms with Gasteiger partial charge in [0, 0.05) is 30.0 Å². The Morgan fingerprint density at radius 3 is 2.42 bits per heavy atom. The van der Waals surface area contributed by atoms with E-state index < -0.39 is 0 Å². The van der Waals surface area contributed by atoms with E-state index in [-0.39, 0.29) is 12.1 Å². The molecule has 2 atom stereocenters. The third-order valence-electron chi connectivity index (χ3n) is 6.16. The summed E-state index contributed by atoms with van der Waals surface area (Å²) in [4.78, 5) is 11.5. The van der Waals surface area contributed by atoms with Crippen molar-refractivity contribution in [1.82, 2.24) is 19.9 Å². The average Bonchev–Trinajstić information content (AvgIpc) is 3.44. The first-order chi connectivity index (χ1) is 16.0. The van der Waals surface area contributed by atoms with Crippen LogP contribution in [0.3, 0.4) is 0 Å². The predicted octanol–water partition coefficient (Wildman–Crippen LogP) is 5.88. The van der Waals surface area contributed by atoms with E-state index in [1.807, 2.05) is 31.5 Å². The molecule has 1 saturated heterocycles. The lowest BCUT2D eigenvalue weighted by Crippen LogP contribution is -2.30. The van der Waals surface area contributed by atoms with Gasteiger partial charge in [0.2, 0.25) is 0 Å². The maximum Gasteiger partial charge on any atom is 0.174 e. The molecule has 33 heavy (non-hydrogen) atoms. The molecule has 0 amide bonds. The lowest BCUT2D eigenvalue weighted by atomic mass is 9.99. The van der Waals surface area contributed by atoms with Crippen molar-refractivity contribution >= 4 is 23.0 Å². The van der Waals surface area contributed by atoms with Crippen molar-refractivity contribution in [2.45, 2.75) is 38.8 Å². The molecular formula is C27H27N5S. The van der Waals surface area contributed by atoms with E-state index in [0.717, 1.165) is 28.5 Å². The molecule has 1 aliphatic rings. The van der Waals surface area contributed by atoms with Crippen LogP contribution >= 0.6 is 12.2 Å². The van der Waals surface area contributed by atoms with E-state index in [0.29, 0.717) is 11.0 Å². The predicted molar refractivity (Wildman–Crippen MR) is 137 cm³/mol. The second-order valence-corrected chi connectivity index (χ2v) is 9.13. The SMILES string of the molecule is Cc1ccc(-n2cccc2C2C(c3ccccn3)NC(=S)N2c2ccc(C(C)C)cc2)nc1. The molecule has 1 aromatic carbocycles. The first-order valence-electron chi connectivity index (χ1n) is 11.2. The Bertz CT molecular complexity index is 1250. The van der Waals surface area contributed by atoms with E-state index >= 15 is 0 Å². The van der Waals surface area contributed by atoms with Crippen LogP contribution in [0, 0.1) is 6.92 Å². The zero-order chi connectivity index (χ0) is 22.9. The van der Waals surface area contributed by atoms with Gasteiger partial charge in [0.15, 0.2) is 5.11 Å². The summed E-state index contributed by atoms with van der Waals surface area (Å²) in [6, 6.07) is 22.9. The largest absolute Gasteiger partial charge is 0.351 e. The van der Waals surface area contributed by atoms with Gasteiger partial charge in [0.05, 0.1) is 11.7 Å². The maximum absolute atomic E-state index is 5.87. The minimum atomic E-state index is -0.0948. The molecule has 4 aromatic rings. The molecule has 1 N–H and O–H groups in total. The normalized spacial score (nSPS) is 18.1. The molecule has 0 bridgehead atoms.